The van der Waals surface area contributed by atoms with Crippen molar-refractivity contribution in [2.24, 2.45) is 11.7 Å². The maximum absolute atomic E-state index is 12.4. The van der Waals surface area contributed by atoms with Gasteiger partial charge in [0.25, 0.3) is 5.91 Å². The highest BCUT2D eigenvalue weighted by atomic mass is 16.2. The predicted molar refractivity (Wildman–Crippen MR) is 77.7 cm³/mol. The van der Waals surface area contributed by atoms with Gasteiger partial charge in [0.05, 0.1) is 11.3 Å². The summed E-state index contributed by atoms with van der Waals surface area (Å²) in [6, 6.07) is 1.67. The number of rotatable bonds is 7. The van der Waals surface area contributed by atoms with E-state index in [0.717, 1.165) is 19.4 Å². The van der Waals surface area contributed by atoms with Crippen LogP contribution in [0.25, 0.3) is 0 Å². The molecule has 0 saturated carbocycles. The van der Waals surface area contributed by atoms with Gasteiger partial charge in [-0.25, -0.2) is 0 Å². The molecule has 0 aromatic carbocycles. The molecule has 1 rings (SSSR count). The van der Waals surface area contributed by atoms with Crippen LogP contribution in [0.2, 0.25) is 0 Å². The summed E-state index contributed by atoms with van der Waals surface area (Å²) in [4.78, 5) is 18.3. The molecule has 1 heterocycles. The third kappa shape index (κ3) is 4.87. The van der Waals surface area contributed by atoms with Crippen LogP contribution in [-0.4, -0.2) is 35.4 Å². The van der Waals surface area contributed by atoms with Gasteiger partial charge in [-0.05, 0) is 24.9 Å². The van der Waals surface area contributed by atoms with E-state index < -0.39 is 0 Å². The van der Waals surface area contributed by atoms with E-state index in [1.54, 1.807) is 12.3 Å². The molecule has 0 spiro atoms. The number of carbonyl (C=O) groups excluding carboxylic acids is 1. The lowest BCUT2D eigenvalue weighted by Crippen LogP contribution is -2.37. The zero-order valence-corrected chi connectivity index (χ0v) is 11.8. The van der Waals surface area contributed by atoms with E-state index in [9.17, 15) is 4.79 Å². The number of hydrogen-bond donors (Lipinski definition) is 2. The largest absolute Gasteiger partial charge is 0.397 e. The van der Waals surface area contributed by atoms with Crippen molar-refractivity contribution in [3.8, 4) is 0 Å². The van der Waals surface area contributed by atoms with Crippen molar-refractivity contribution >= 4 is 11.6 Å². The molecule has 1 atom stereocenters. The molecular weight excluding hydrogens is 240 g/mol. The van der Waals surface area contributed by atoms with Crippen LogP contribution in [0.3, 0.4) is 0 Å². The molecule has 5 heteroatoms. The summed E-state index contributed by atoms with van der Waals surface area (Å²) in [5, 5.41) is 0. The molecule has 1 amide bonds. The molecular formula is C14H24N4O. The van der Waals surface area contributed by atoms with Gasteiger partial charge < -0.3 is 16.4 Å². The molecule has 0 radical (unpaired) electrons. The SMILES string of the molecule is CCCCN(CC(C)CN)C(=O)c1cncc(N)c1. The fraction of sp³-hybridized carbons (Fsp3) is 0.571. The topological polar surface area (TPSA) is 85.2 Å². The number of hydrogen-bond acceptors (Lipinski definition) is 4. The normalized spacial score (nSPS) is 12.2. The van der Waals surface area contributed by atoms with Gasteiger partial charge in [-0.2, -0.15) is 0 Å². The second-order valence-corrected chi connectivity index (χ2v) is 4.95. The zero-order valence-electron chi connectivity index (χ0n) is 11.8. The smallest absolute Gasteiger partial charge is 0.255 e. The highest BCUT2D eigenvalue weighted by Gasteiger charge is 2.17. The van der Waals surface area contributed by atoms with Gasteiger partial charge >= 0.3 is 0 Å². The van der Waals surface area contributed by atoms with E-state index in [1.807, 2.05) is 11.8 Å². The van der Waals surface area contributed by atoms with E-state index in [-0.39, 0.29) is 11.8 Å². The van der Waals surface area contributed by atoms with Crippen LogP contribution in [0.15, 0.2) is 18.5 Å². The molecule has 0 bridgehead atoms. The highest BCUT2D eigenvalue weighted by molar-refractivity contribution is 5.94. The van der Waals surface area contributed by atoms with Crippen LogP contribution in [0.5, 0.6) is 0 Å². The predicted octanol–water partition coefficient (Wildman–Crippen LogP) is 1.50. The molecule has 19 heavy (non-hydrogen) atoms. The average Bonchev–Trinajstić information content (AvgIpc) is 2.42. The van der Waals surface area contributed by atoms with E-state index in [2.05, 4.69) is 11.9 Å². The Balaban J connectivity index is 2.80. The Morgan fingerprint density at radius 1 is 1.47 bits per heavy atom. The molecule has 1 aromatic rings. The van der Waals surface area contributed by atoms with Crippen LogP contribution in [-0.2, 0) is 0 Å². The minimum Gasteiger partial charge on any atom is -0.397 e. The molecule has 0 aliphatic heterocycles. The fourth-order valence-electron chi connectivity index (χ4n) is 1.83. The van der Waals surface area contributed by atoms with E-state index >= 15 is 0 Å². The Morgan fingerprint density at radius 3 is 2.79 bits per heavy atom. The van der Waals surface area contributed by atoms with E-state index in [4.69, 9.17) is 11.5 Å². The monoisotopic (exact) mass is 264 g/mol. The number of unbranched alkanes of at least 4 members (excludes halogenated alkanes) is 1. The number of nitrogens with zero attached hydrogens (tertiary/aromatic N) is 2. The molecule has 1 unspecified atom stereocenters. The Labute approximate surface area is 115 Å². The van der Waals surface area contributed by atoms with Crippen molar-refractivity contribution in [3.05, 3.63) is 24.0 Å². The summed E-state index contributed by atoms with van der Waals surface area (Å²) in [5.41, 5.74) is 12.4. The number of anilines is 1. The molecule has 0 saturated heterocycles. The zero-order chi connectivity index (χ0) is 14.3. The second kappa shape index (κ2) is 7.74. The van der Waals surface area contributed by atoms with Crippen LogP contribution < -0.4 is 11.5 Å². The molecule has 0 aliphatic carbocycles. The fourth-order valence-corrected chi connectivity index (χ4v) is 1.83. The van der Waals surface area contributed by atoms with Crippen molar-refractivity contribution in [1.29, 1.82) is 0 Å². The first kappa shape index (κ1) is 15.4. The number of carbonyl (C=O) groups is 1. The molecule has 4 N–H and O–H groups in total. The van der Waals surface area contributed by atoms with Gasteiger partial charge in [-0.1, -0.05) is 20.3 Å². The standard InChI is InChI=1S/C14H24N4O/c1-3-4-5-18(10-11(2)7-15)14(19)12-6-13(16)9-17-8-12/h6,8-9,11H,3-5,7,10,15-16H2,1-2H3. The molecule has 0 fully saturated rings. The van der Waals surface area contributed by atoms with Gasteiger partial charge in [0.1, 0.15) is 0 Å². The van der Waals surface area contributed by atoms with Crippen molar-refractivity contribution in [2.45, 2.75) is 26.7 Å². The number of amides is 1. The Bertz CT molecular complexity index is 408. The quantitative estimate of drug-likeness (QED) is 0.781. The van der Waals surface area contributed by atoms with Crippen LogP contribution in [0.1, 0.15) is 37.0 Å². The minimum absolute atomic E-state index is 0.0199. The van der Waals surface area contributed by atoms with E-state index in [0.29, 0.717) is 24.3 Å². The molecule has 5 nitrogen and oxygen atoms in total. The summed E-state index contributed by atoms with van der Waals surface area (Å²) in [7, 11) is 0. The van der Waals surface area contributed by atoms with Crippen LogP contribution in [0, 0.1) is 5.92 Å². The first-order valence-corrected chi connectivity index (χ1v) is 6.78. The lowest BCUT2D eigenvalue weighted by molar-refractivity contribution is 0.0731. The lowest BCUT2D eigenvalue weighted by atomic mass is 10.1. The summed E-state index contributed by atoms with van der Waals surface area (Å²) in [5.74, 6) is 0.267. The first-order chi connectivity index (χ1) is 9.08. The Morgan fingerprint density at radius 2 is 2.21 bits per heavy atom. The van der Waals surface area contributed by atoms with Gasteiger partial charge in [-0.15, -0.1) is 0 Å². The summed E-state index contributed by atoms with van der Waals surface area (Å²) < 4.78 is 0. The minimum atomic E-state index is -0.0199. The summed E-state index contributed by atoms with van der Waals surface area (Å²) in [6.45, 7) is 6.14. The van der Waals surface area contributed by atoms with Crippen molar-refractivity contribution in [3.63, 3.8) is 0 Å². The maximum atomic E-state index is 12.4. The summed E-state index contributed by atoms with van der Waals surface area (Å²) >= 11 is 0. The van der Waals surface area contributed by atoms with Gasteiger partial charge in [-0.3, -0.25) is 9.78 Å². The van der Waals surface area contributed by atoms with Crippen molar-refractivity contribution in [2.75, 3.05) is 25.4 Å². The van der Waals surface area contributed by atoms with Crippen molar-refractivity contribution in [1.82, 2.24) is 9.88 Å². The van der Waals surface area contributed by atoms with Gasteiger partial charge in [0, 0.05) is 25.5 Å². The second-order valence-electron chi connectivity index (χ2n) is 4.95. The van der Waals surface area contributed by atoms with Gasteiger partial charge in [0.15, 0.2) is 0 Å². The average molecular weight is 264 g/mol. The highest BCUT2D eigenvalue weighted by Crippen LogP contribution is 2.10. The molecule has 1 aromatic heterocycles. The van der Waals surface area contributed by atoms with Crippen molar-refractivity contribution < 1.29 is 4.79 Å². The van der Waals surface area contributed by atoms with E-state index in [1.165, 1.54) is 6.20 Å². The number of aromatic nitrogens is 1. The Hall–Kier alpha value is -1.62. The number of nitrogen functional groups attached to an aromatic ring is 1. The maximum Gasteiger partial charge on any atom is 0.255 e. The molecule has 106 valence electrons. The van der Waals surface area contributed by atoms with Gasteiger partial charge in [0.2, 0.25) is 0 Å². The number of pyridine rings is 1. The summed E-state index contributed by atoms with van der Waals surface area (Å²) in [6.07, 6.45) is 5.13. The number of nitrogens with two attached hydrogens (primary N) is 2. The first-order valence-electron chi connectivity index (χ1n) is 6.78. The molecule has 0 aliphatic rings. The third-order valence-electron chi connectivity index (χ3n) is 3.01. The lowest BCUT2D eigenvalue weighted by Gasteiger charge is -2.25. The Kier molecular flexibility index (Phi) is 6.29. The van der Waals surface area contributed by atoms with Crippen LogP contribution in [0.4, 0.5) is 5.69 Å². The third-order valence-corrected chi connectivity index (χ3v) is 3.01. The van der Waals surface area contributed by atoms with Crippen LogP contribution >= 0.6 is 0 Å².